The molecular weight excluding hydrogens is 246 g/mol. The lowest BCUT2D eigenvalue weighted by atomic mass is 10.1. The van der Waals surface area contributed by atoms with Crippen molar-refractivity contribution in [3.05, 3.63) is 54.1 Å². The maximum Gasteiger partial charge on any atom is 0.0604 e. The van der Waals surface area contributed by atoms with Gasteiger partial charge in [-0.15, -0.1) is 0 Å². The van der Waals surface area contributed by atoms with Crippen LogP contribution in [0.25, 0.3) is 0 Å². The Balaban J connectivity index is 2.23. The molecule has 0 heterocycles. The van der Waals surface area contributed by atoms with E-state index in [2.05, 4.69) is 53.1 Å². The number of nitrogens with zero attached hydrogens (tertiary/aromatic N) is 2. The second-order valence-electron chi connectivity index (χ2n) is 5.14. The van der Waals surface area contributed by atoms with Gasteiger partial charge in [0.1, 0.15) is 0 Å². The summed E-state index contributed by atoms with van der Waals surface area (Å²) in [7, 11) is 4.05. The molecule has 2 aromatic carbocycles. The highest BCUT2D eigenvalue weighted by Gasteiger charge is 2.10. The number of anilines is 3. The van der Waals surface area contributed by atoms with Crippen LogP contribution in [0.3, 0.4) is 0 Å². The normalized spacial score (nSPS) is 10.3. The lowest BCUT2D eigenvalue weighted by molar-refractivity contribution is 0.833. The molecule has 3 nitrogen and oxygen atoms in total. The van der Waals surface area contributed by atoms with Crippen molar-refractivity contribution in [2.24, 2.45) is 0 Å². The Bertz CT molecular complexity index is 549. The Morgan fingerprint density at radius 2 is 1.70 bits per heavy atom. The van der Waals surface area contributed by atoms with Gasteiger partial charge in [-0.05, 0) is 30.7 Å². The van der Waals surface area contributed by atoms with Gasteiger partial charge >= 0.3 is 0 Å². The van der Waals surface area contributed by atoms with Gasteiger partial charge in [0.05, 0.1) is 11.4 Å². The van der Waals surface area contributed by atoms with Crippen LogP contribution in [0, 0.1) is 0 Å². The van der Waals surface area contributed by atoms with Crippen LogP contribution < -0.4 is 15.5 Å². The van der Waals surface area contributed by atoms with Crippen LogP contribution in [0.5, 0.6) is 0 Å². The summed E-state index contributed by atoms with van der Waals surface area (Å²) in [6.45, 7) is 3.96. The fourth-order valence-corrected chi connectivity index (χ4v) is 2.28. The summed E-state index contributed by atoms with van der Waals surface area (Å²) in [4.78, 5) is 4.36. The minimum absolute atomic E-state index is 0.828. The SMILES string of the molecule is CCN(Cc1ccccc1)c1ccc(N(C)C)cc1N. The molecule has 2 N–H and O–H groups in total. The number of hydrogen-bond donors (Lipinski definition) is 1. The highest BCUT2D eigenvalue weighted by molar-refractivity contribution is 5.73. The molecule has 0 radical (unpaired) electrons. The van der Waals surface area contributed by atoms with Crippen LogP contribution in [-0.2, 0) is 6.54 Å². The molecule has 0 bridgehead atoms. The Hall–Kier alpha value is -2.16. The third kappa shape index (κ3) is 3.23. The van der Waals surface area contributed by atoms with Crippen molar-refractivity contribution < 1.29 is 0 Å². The van der Waals surface area contributed by atoms with E-state index in [-0.39, 0.29) is 0 Å². The monoisotopic (exact) mass is 269 g/mol. The molecule has 0 amide bonds. The molecule has 0 saturated carbocycles. The molecule has 2 aromatic rings. The van der Waals surface area contributed by atoms with Gasteiger partial charge in [-0.3, -0.25) is 0 Å². The predicted octanol–water partition coefficient (Wildman–Crippen LogP) is 3.36. The molecule has 0 atom stereocenters. The fraction of sp³-hybridized carbons (Fsp3) is 0.294. The van der Waals surface area contributed by atoms with Crippen molar-refractivity contribution in [3.8, 4) is 0 Å². The van der Waals surface area contributed by atoms with Crippen molar-refractivity contribution in [2.45, 2.75) is 13.5 Å². The van der Waals surface area contributed by atoms with E-state index < -0.39 is 0 Å². The Kier molecular flexibility index (Phi) is 4.51. The highest BCUT2D eigenvalue weighted by Crippen LogP contribution is 2.28. The van der Waals surface area contributed by atoms with E-state index in [9.17, 15) is 0 Å². The number of nitrogens with two attached hydrogens (primary N) is 1. The van der Waals surface area contributed by atoms with Crippen molar-refractivity contribution in [1.29, 1.82) is 0 Å². The molecule has 0 saturated heterocycles. The highest BCUT2D eigenvalue weighted by atomic mass is 15.1. The quantitative estimate of drug-likeness (QED) is 0.845. The van der Waals surface area contributed by atoms with Crippen molar-refractivity contribution in [2.75, 3.05) is 36.2 Å². The minimum Gasteiger partial charge on any atom is -0.397 e. The molecule has 0 aliphatic heterocycles. The molecule has 20 heavy (non-hydrogen) atoms. The van der Waals surface area contributed by atoms with Crippen LogP contribution >= 0.6 is 0 Å². The summed E-state index contributed by atoms with van der Waals surface area (Å²) >= 11 is 0. The first-order valence-corrected chi connectivity index (χ1v) is 6.97. The number of nitrogen functional groups attached to an aromatic ring is 1. The molecule has 0 spiro atoms. The zero-order chi connectivity index (χ0) is 14.5. The minimum atomic E-state index is 0.828. The lowest BCUT2D eigenvalue weighted by Crippen LogP contribution is -2.23. The molecular formula is C17H23N3. The van der Waals surface area contributed by atoms with Crippen molar-refractivity contribution in [3.63, 3.8) is 0 Å². The van der Waals surface area contributed by atoms with E-state index in [1.54, 1.807) is 0 Å². The Labute approximate surface area is 121 Å². The first-order valence-electron chi connectivity index (χ1n) is 6.97. The van der Waals surface area contributed by atoms with Crippen molar-refractivity contribution >= 4 is 17.1 Å². The molecule has 0 unspecified atom stereocenters. The largest absolute Gasteiger partial charge is 0.397 e. The smallest absolute Gasteiger partial charge is 0.0604 e. The van der Waals surface area contributed by atoms with E-state index in [0.717, 1.165) is 30.2 Å². The van der Waals surface area contributed by atoms with E-state index in [4.69, 9.17) is 5.73 Å². The van der Waals surface area contributed by atoms with Crippen LogP contribution in [0.2, 0.25) is 0 Å². The summed E-state index contributed by atoms with van der Waals surface area (Å²) in [5, 5.41) is 0. The number of rotatable bonds is 5. The zero-order valence-electron chi connectivity index (χ0n) is 12.5. The fourth-order valence-electron chi connectivity index (χ4n) is 2.28. The van der Waals surface area contributed by atoms with Gasteiger partial charge in [-0.25, -0.2) is 0 Å². The van der Waals surface area contributed by atoms with Gasteiger partial charge in [-0.1, -0.05) is 30.3 Å². The summed E-state index contributed by atoms with van der Waals surface area (Å²) in [5.41, 5.74) is 10.6. The van der Waals surface area contributed by atoms with E-state index >= 15 is 0 Å². The van der Waals surface area contributed by atoms with Gasteiger partial charge in [0.2, 0.25) is 0 Å². The second kappa shape index (κ2) is 6.33. The van der Waals surface area contributed by atoms with Gasteiger partial charge in [0, 0.05) is 32.9 Å². The first kappa shape index (κ1) is 14.3. The standard InChI is InChI=1S/C17H23N3/c1-4-20(13-14-8-6-5-7-9-14)17-11-10-15(19(2)3)12-16(17)18/h5-12H,4,13,18H2,1-3H3. The third-order valence-corrected chi connectivity index (χ3v) is 3.47. The number of benzene rings is 2. The molecule has 0 fully saturated rings. The molecule has 0 aliphatic carbocycles. The van der Waals surface area contributed by atoms with E-state index in [0.29, 0.717) is 0 Å². The molecule has 3 heteroatoms. The maximum atomic E-state index is 6.22. The second-order valence-corrected chi connectivity index (χ2v) is 5.14. The first-order chi connectivity index (χ1) is 9.61. The average Bonchev–Trinajstić information content (AvgIpc) is 2.46. The van der Waals surface area contributed by atoms with Gasteiger partial charge in [0.25, 0.3) is 0 Å². The van der Waals surface area contributed by atoms with E-state index in [1.165, 1.54) is 5.56 Å². The summed E-state index contributed by atoms with van der Waals surface area (Å²) in [6, 6.07) is 16.7. The van der Waals surface area contributed by atoms with Crippen LogP contribution in [0.15, 0.2) is 48.5 Å². The Morgan fingerprint density at radius 3 is 2.25 bits per heavy atom. The average molecular weight is 269 g/mol. The molecule has 106 valence electrons. The van der Waals surface area contributed by atoms with Crippen LogP contribution in [0.4, 0.5) is 17.1 Å². The van der Waals surface area contributed by atoms with Crippen molar-refractivity contribution in [1.82, 2.24) is 0 Å². The lowest BCUT2D eigenvalue weighted by Gasteiger charge is -2.26. The van der Waals surface area contributed by atoms with Gasteiger partial charge < -0.3 is 15.5 Å². The Morgan fingerprint density at radius 1 is 1.00 bits per heavy atom. The topological polar surface area (TPSA) is 32.5 Å². The summed E-state index contributed by atoms with van der Waals surface area (Å²) < 4.78 is 0. The van der Waals surface area contributed by atoms with Gasteiger partial charge in [-0.2, -0.15) is 0 Å². The summed E-state index contributed by atoms with van der Waals surface area (Å²) in [5.74, 6) is 0. The molecule has 2 rings (SSSR count). The number of hydrogen-bond acceptors (Lipinski definition) is 3. The maximum absolute atomic E-state index is 6.22. The van der Waals surface area contributed by atoms with Gasteiger partial charge in [0.15, 0.2) is 0 Å². The molecule has 0 aromatic heterocycles. The van der Waals surface area contributed by atoms with Crippen LogP contribution in [-0.4, -0.2) is 20.6 Å². The van der Waals surface area contributed by atoms with Crippen LogP contribution in [0.1, 0.15) is 12.5 Å². The predicted molar refractivity (Wildman–Crippen MR) is 88.3 cm³/mol. The van der Waals surface area contributed by atoms with E-state index in [1.807, 2.05) is 26.2 Å². The molecule has 0 aliphatic rings. The third-order valence-electron chi connectivity index (χ3n) is 3.47. The summed E-state index contributed by atoms with van der Waals surface area (Å²) in [6.07, 6.45) is 0. The zero-order valence-corrected chi connectivity index (χ0v) is 12.5.